The first-order valence-electron chi connectivity index (χ1n) is 9.85. The van der Waals surface area contributed by atoms with Crippen LogP contribution >= 0.6 is 0 Å². The average molecular weight is 341 g/mol. The number of hydrogen-bond donors (Lipinski definition) is 2. The number of carbonyl (C=O) groups excluding carboxylic acids is 1. The van der Waals surface area contributed by atoms with Gasteiger partial charge in [0.05, 0.1) is 6.54 Å². The van der Waals surface area contributed by atoms with Crippen LogP contribution in [-0.2, 0) is 4.79 Å². The van der Waals surface area contributed by atoms with Crippen molar-refractivity contribution in [2.75, 3.05) is 36.4 Å². The van der Waals surface area contributed by atoms with E-state index in [1.54, 1.807) is 5.57 Å². The van der Waals surface area contributed by atoms with Crippen LogP contribution in [0.25, 0.3) is 0 Å². The van der Waals surface area contributed by atoms with Crippen molar-refractivity contribution in [2.24, 2.45) is 0 Å². The molecule has 1 aliphatic heterocycles. The van der Waals surface area contributed by atoms with Crippen LogP contribution in [0.1, 0.15) is 51.4 Å². The Balaban J connectivity index is 1.36. The van der Waals surface area contributed by atoms with Gasteiger partial charge in [0.25, 0.3) is 0 Å². The maximum absolute atomic E-state index is 12.1. The molecule has 0 radical (unpaired) electrons. The number of nitrogens with one attached hydrogen (secondary N) is 2. The van der Waals surface area contributed by atoms with Crippen LogP contribution in [0.4, 0.5) is 11.4 Å². The van der Waals surface area contributed by atoms with E-state index in [1.807, 2.05) is 12.1 Å². The Labute approximate surface area is 151 Å². The third kappa shape index (κ3) is 5.89. The Morgan fingerprint density at radius 3 is 2.52 bits per heavy atom. The van der Waals surface area contributed by atoms with E-state index >= 15 is 0 Å². The maximum Gasteiger partial charge on any atom is 0.238 e. The molecule has 2 aliphatic rings. The molecule has 1 saturated heterocycles. The van der Waals surface area contributed by atoms with Gasteiger partial charge in [0.1, 0.15) is 0 Å². The molecule has 0 saturated carbocycles. The summed E-state index contributed by atoms with van der Waals surface area (Å²) >= 11 is 0. The fourth-order valence-corrected chi connectivity index (χ4v) is 3.70. The van der Waals surface area contributed by atoms with Crippen molar-refractivity contribution in [1.29, 1.82) is 0 Å². The van der Waals surface area contributed by atoms with Gasteiger partial charge >= 0.3 is 0 Å². The number of amides is 1. The van der Waals surface area contributed by atoms with E-state index in [4.69, 9.17) is 0 Å². The van der Waals surface area contributed by atoms with E-state index in [0.29, 0.717) is 6.54 Å². The molecule has 3 rings (SSSR count). The van der Waals surface area contributed by atoms with E-state index in [9.17, 15) is 4.79 Å². The summed E-state index contributed by atoms with van der Waals surface area (Å²) in [4.78, 5) is 14.5. The highest BCUT2D eigenvalue weighted by molar-refractivity contribution is 5.92. The lowest BCUT2D eigenvalue weighted by Gasteiger charge is -2.28. The number of nitrogens with zero attached hydrogens (tertiary/aromatic N) is 1. The molecule has 1 fully saturated rings. The van der Waals surface area contributed by atoms with E-state index < -0.39 is 0 Å². The third-order valence-electron chi connectivity index (χ3n) is 5.17. The molecular formula is C21H31N3O. The van der Waals surface area contributed by atoms with Crippen molar-refractivity contribution in [3.05, 3.63) is 35.9 Å². The zero-order valence-corrected chi connectivity index (χ0v) is 15.2. The Bertz CT molecular complexity index is 573. The molecule has 4 nitrogen and oxygen atoms in total. The fourth-order valence-electron chi connectivity index (χ4n) is 3.70. The number of allylic oxidation sites excluding steroid dienone is 1. The molecule has 0 unspecified atom stereocenters. The molecule has 1 amide bonds. The molecule has 0 bridgehead atoms. The van der Waals surface area contributed by atoms with Crippen LogP contribution in [0, 0.1) is 0 Å². The van der Waals surface area contributed by atoms with E-state index in [-0.39, 0.29) is 5.91 Å². The number of anilines is 2. The van der Waals surface area contributed by atoms with Crippen molar-refractivity contribution in [2.45, 2.75) is 51.4 Å². The van der Waals surface area contributed by atoms with Gasteiger partial charge in [-0.25, -0.2) is 0 Å². The predicted molar refractivity (Wildman–Crippen MR) is 105 cm³/mol. The second-order valence-corrected chi connectivity index (χ2v) is 7.18. The van der Waals surface area contributed by atoms with Gasteiger partial charge in [-0.05, 0) is 82.2 Å². The van der Waals surface area contributed by atoms with Gasteiger partial charge in [-0.3, -0.25) is 4.79 Å². The third-order valence-corrected chi connectivity index (χ3v) is 5.17. The molecule has 0 aromatic heterocycles. The molecule has 136 valence electrons. The second kappa shape index (κ2) is 9.62. The summed E-state index contributed by atoms with van der Waals surface area (Å²) in [7, 11) is 0. The molecule has 4 heteroatoms. The lowest BCUT2D eigenvalue weighted by molar-refractivity contribution is -0.115. The van der Waals surface area contributed by atoms with Crippen molar-refractivity contribution in [1.82, 2.24) is 5.32 Å². The molecule has 1 aromatic rings. The highest BCUT2D eigenvalue weighted by Gasteiger charge is 2.11. The Hall–Kier alpha value is -1.81. The summed E-state index contributed by atoms with van der Waals surface area (Å²) < 4.78 is 0. The Morgan fingerprint density at radius 2 is 1.80 bits per heavy atom. The summed E-state index contributed by atoms with van der Waals surface area (Å²) in [5.41, 5.74) is 3.69. The minimum atomic E-state index is 0.0309. The lowest BCUT2D eigenvalue weighted by atomic mass is 9.97. The quantitative estimate of drug-likeness (QED) is 0.580. The second-order valence-electron chi connectivity index (χ2n) is 7.18. The van der Waals surface area contributed by atoms with Crippen molar-refractivity contribution >= 4 is 17.3 Å². The normalized spacial score (nSPS) is 17.9. The molecule has 2 N–H and O–H groups in total. The molecular weight excluding hydrogens is 310 g/mol. The Morgan fingerprint density at radius 1 is 1.00 bits per heavy atom. The molecule has 1 aromatic carbocycles. The SMILES string of the molecule is O=C(CNCCC1=CCCCC1)Nc1ccc(N2CCCCC2)cc1. The molecule has 25 heavy (non-hydrogen) atoms. The zero-order valence-electron chi connectivity index (χ0n) is 15.2. The zero-order chi connectivity index (χ0) is 17.3. The first-order chi connectivity index (χ1) is 12.3. The summed E-state index contributed by atoms with van der Waals surface area (Å²) in [5.74, 6) is 0.0309. The first kappa shape index (κ1) is 18.0. The summed E-state index contributed by atoms with van der Waals surface area (Å²) in [6.45, 7) is 3.55. The average Bonchev–Trinajstić information content (AvgIpc) is 2.67. The maximum atomic E-state index is 12.1. The van der Waals surface area contributed by atoms with Gasteiger partial charge in [-0.15, -0.1) is 0 Å². The molecule has 0 spiro atoms. The number of piperidine rings is 1. The van der Waals surface area contributed by atoms with E-state index in [1.165, 1.54) is 50.6 Å². The van der Waals surface area contributed by atoms with Crippen molar-refractivity contribution in [3.63, 3.8) is 0 Å². The first-order valence-corrected chi connectivity index (χ1v) is 9.85. The van der Waals surface area contributed by atoms with Gasteiger partial charge < -0.3 is 15.5 Å². The van der Waals surface area contributed by atoms with Crippen LogP contribution < -0.4 is 15.5 Å². The standard InChI is InChI=1S/C21H31N3O/c25-21(17-22-14-13-18-7-3-1-4-8-18)23-19-9-11-20(12-10-19)24-15-5-2-6-16-24/h7,9-12,22H,1-6,8,13-17H2,(H,23,25). The molecule has 1 heterocycles. The number of carbonyl (C=O) groups is 1. The number of benzene rings is 1. The summed E-state index contributed by atoms with van der Waals surface area (Å²) in [5, 5.41) is 6.23. The van der Waals surface area contributed by atoms with Gasteiger partial charge in [0.2, 0.25) is 5.91 Å². The minimum Gasteiger partial charge on any atom is -0.372 e. The van der Waals surface area contributed by atoms with Gasteiger partial charge in [-0.1, -0.05) is 11.6 Å². The smallest absolute Gasteiger partial charge is 0.238 e. The highest BCUT2D eigenvalue weighted by Crippen LogP contribution is 2.22. The fraction of sp³-hybridized carbons (Fsp3) is 0.571. The van der Waals surface area contributed by atoms with Crippen LogP contribution in [-0.4, -0.2) is 32.1 Å². The van der Waals surface area contributed by atoms with Crippen molar-refractivity contribution in [3.8, 4) is 0 Å². The van der Waals surface area contributed by atoms with Crippen LogP contribution in [0.3, 0.4) is 0 Å². The van der Waals surface area contributed by atoms with Crippen LogP contribution in [0.5, 0.6) is 0 Å². The highest BCUT2D eigenvalue weighted by atomic mass is 16.1. The molecule has 0 atom stereocenters. The topological polar surface area (TPSA) is 44.4 Å². The van der Waals surface area contributed by atoms with Crippen LogP contribution in [0.15, 0.2) is 35.9 Å². The van der Waals surface area contributed by atoms with Crippen molar-refractivity contribution < 1.29 is 4.79 Å². The van der Waals surface area contributed by atoms with Gasteiger partial charge in [0, 0.05) is 24.5 Å². The largest absolute Gasteiger partial charge is 0.372 e. The lowest BCUT2D eigenvalue weighted by Crippen LogP contribution is -2.30. The summed E-state index contributed by atoms with van der Waals surface area (Å²) in [6.07, 6.45) is 12.4. The van der Waals surface area contributed by atoms with Crippen LogP contribution in [0.2, 0.25) is 0 Å². The Kier molecular flexibility index (Phi) is 6.92. The van der Waals surface area contributed by atoms with E-state index in [0.717, 1.165) is 31.7 Å². The molecule has 1 aliphatic carbocycles. The minimum absolute atomic E-state index is 0.0309. The number of rotatable bonds is 7. The monoisotopic (exact) mass is 341 g/mol. The predicted octanol–water partition coefficient (Wildman–Crippen LogP) is 4.10. The number of hydrogen-bond acceptors (Lipinski definition) is 3. The van der Waals surface area contributed by atoms with Gasteiger partial charge in [-0.2, -0.15) is 0 Å². The summed E-state index contributed by atoms with van der Waals surface area (Å²) in [6, 6.07) is 8.25. The van der Waals surface area contributed by atoms with Gasteiger partial charge in [0.15, 0.2) is 0 Å². The van der Waals surface area contributed by atoms with E-state index in [2.05, 4.69) is 33.7 Å².